The van der Waals surface area contributed by atoms with Crippen molar-refractivity contribution in [2.45, 2.75) is 18.3 Å². The van der Waals surface area contributed by atoms with Gasteiger partial charge in [-0.3, -0.25) is 24.0 Å². The molecule has 1 aromatic carbocycles. The Morgan fingerprint density at radius 1 is 0.944 bits per heavy atom. The number of fused-ring (bicyclic) bond motifs is 4. The largest absolute Gasteiger partial charge is 0.510 e. The molecule has 0 radical (unpaired) electrons. The molecule has 0 unspecified atom stereocenters. The van der Waals surface area contributed by atoms with E-state index in [1.807, 2.05) is 22.6 Å². The summed E-state index contributed by atoms with van der Waals surface area (Å²) >= 11 is 2.00. The Bertz CT molecular complexity index is 2190. The number of H-pyrrole nitrogens is 1. The van der Waals surface area contributed by atoms with Crippen LogP contribution in [0, 0.1) is 14.0 Å². The third-order valence-corrected chi connectivity index (χ3v) is 8.52. The molecule has 10 nitrogen and oxygen atoms in total. The van der Waals surface area contributed by atoms with Crippen molar-refractivity contribution in [3.05, 3.63) is 105 Å². The van der Waals surface area contributed by atoms with Gasteiger partial charge in [0.05, 0.1) is 33.4 Å². The number of aromatic nitrogens is 1. The van der Waals surface area contributed by atoms with Crippen molar-refractivity contribution in [1.29, 1.82) is 0 Å². The number of ether oxygens (including phenoxy) is 1. The van der Waals surface area contributed by atoms with E-state index < -0.39 is 76.6 Å². The number of halogens is 1. The SMILES string of the molecule is COc1cc(=O)c2c(=O)c3c(c(=O)c=2c1=O)=C(O)[C@]1(CCc2c1c(O)c1c(=O)[nH]ccc1c2I)C=3O. The second-order valence-electron chi connectivity index (χ2n) is 8.78. The fourth-order valence-electron chi connectivity index (χ4n) is 5.72. The molecule has 36 heavy (non-hydrogen) atoms. The van der Waals surface area contributed by atoms with Gasteiger partial charge in [-0.1, -0.05) is 0 Å². The molecule has 4 aliphatic carbocycles. The summed E-state index contributed by atoms with van der Waals surface area (Å²) in [4.78, 5) is 67.5. The Morgan fingerprint density at radius 3 is 2.22 bits per heavy atom. The van der Waals surface area contributed by atoms with Crippen LogP contribution in [0.2, 0.25) is 0 Å². The molecule has 4 aliphatic rings. The molecule has 0 fully saturated rings. The Labute approximate surface area is 211 Å². The molecule has 1 spiro atoms. The quantitative estimate of drug-likeness (QED) is 0.203. The number of hydrogen-bond acceptors (Lipinski definition) is 9. The second-order valence-corrected chi connectivity index (χ2v) is 9.86. The number of aromatic amines is 1. The normalized spacial score (nSPS) is 18.4. The molecule has 0 amide bonds. The standard InChI is InChI=1S/C25H14INO9/c1-36-10-6-9(28)12-13(18(10)29)20(31)15-14(19(12)30)22(33)25(23(15)34)4-2-8-16(25)21(32)11-7(17(8)26)3-5-27-24(11)35/h3,5-6,32-34H,2,4H2,1H3,(H,27,35)/t25-/m0/s1. The van der Waals surface area contributed by atoms with E-state index in [1.165, 1.54) is 6.20 Å². The van der Waals surface area contributed by atoms with Gasteiger partial charge in [0, 0.05) is 26.8 Å². The van der Waals surface area contributed by atoms with Gasteiger partial charge < -0.3 is 25.0 Å². The predicted molar refractivity (Wildman–Crippen MR) is 136 cm³/mol. The molecule has 6 rings (SSSR count). The van der Waals surface area contributed by atoms with Crippen LogP contribution in [0.25, 0.3) is 22.3 Å². The summed E-state index contributed by atoms with van der Waals surface area (Å²) in [7, 11) is 1.13. The maximum absolute atomic E-state index is 13.5. The van der Waals surface area contributed by atoms with Crippen molar-refractivity contribution < 1.29 is 20.1 Å². The Balaban J connectivity index is 1.90. The third kappa shape index (κ3) is 2.33. The number of benzene rings is 1. The van der Waals surface area contributed by atoms with Gasteiger partial charge in [0.15, 0.2) is 11.2 Å². The zero-order valence-electron chi connectivity index (χ0n) is 18.3. The molecular weight excluding hydrogens is 585 g/mol. The van der Waals surface area contributed by atoms with Crippen LogP contribution >= 0.6 is 22.6 Å². The number of hydrogen-bond donors (Lipinski definition) is 4. The lowest BCUT2D eigenvalue weighted by Gasteiger charge is -2.27. The van der Waals surface area contributed by atoms with Gasteiger partial charge in [-0.05, 0) is 47.1 Å². The number of aliphatic hydroxyl groups is 2. The van der Waals surface area contributed by atoms with E-state index in [2.05, 4.69) is 4.98 Å². The molecule has 0 saturated carbocycles. The van der Waals surface area contributed by atoms with Gasteiger partial charge in [-0.25, -0.2) is 0 Å². The Hall–Kier alpha value is -4.00. The molecule has 1 atom stereocenters. The highest BCUT2D eigenvalue weighted by Crippen LogP contribution is 2.55. The Morgan fingerprint density at radius 2 is 1.58 bits per heavy atom. The minimum atomic E-state index is -1.91. The van der Waals surface area contributed by atoms with Crippen molar-refractivity contribution in [2.24, 2.45) is 0 Å². The highest BCUT2D eigenvalue weighted by molar-refractivity contribution is 14.1. The molecule has 1 aromatic heterocycles. The number of rotatable bonds is 1. The van der Waals surface area contributed by atoms with Crippen molar-refractivity contribution in [1.82, 2.24) is 4.98 Å². The maximum Gasteiger partial charge on any atom is 0.259 e. The topological polar surface area (TPSA) is 171 Å². The van der Waals surface area contributed by atoms with E-state index in [9.17, 15) is 39.3 Å². The molecule has 0 bridgehead atoms. The van der Waals surface area contributed by atoms with E-state index in [4.69, 9.17) is 4.74 Å². The smallest absolute Gasteiger partial charge is 0.259 e. The monoisotopic (exact) mass is 599 g/mol. The highest BCUT2D eigenvalue weighted by atomic mass is 127. The van der Waals surface area contributed by atoms with Crippen LogP contribution in [0.1, 0.15) is 17.5 Å². The molecular formula is C25H14INO9. The lowest BCUT2D eigenvalue weighted by Crippen LogP contribution is -2.51. The van der Waals surface area contributed by atoms with Crippen molar-refractivity contribution in [3.63, 3.8) is 0 Å². The third-order valence-electron chi connectivity index (χ3n) is 7.28. The number of phenols is 1. The lowest BCUT2D eigenvalue weighted by molar-refractivity contribution is 0.362. The second kappa shape index (κ2) is 7.03. The first-order valence-corrected chi connectivity index (χ1v) is 11.8. The molecule has 11 heteroatoms. The first kappa shape index (κ1) is 22.5. The molecule has 4 N–H and O–H groups in total. The number of aliphatic hydroxyl groups excluding tert-OH is 2. The summed E-state index contributed by atoms with van der Waals surface area (Å²) < 4.78 is 5.47. The molecule has 180 valence electrons. The fourth-order valence-corrected chi connectivity index (χ4v) is 6.71. The minimum Gasteiger partial charge on any atom is -0.510 e. The van der Waals surface area contributed by atoms with Gasteiger partial charge in [-0.2, -0.15) is 0 Å². The summed E-state index contributed by atoms with van der Waals surface area (Å²) in [5.74, 6) is -2.40. The summed E-state index contributed by atoms with van der Waals surface area (Å²) in [5.41, 5.74) is -6.14. The Kier molecular flexibility index (Phi) is 4.39. The van der Waals surface area contributed by atoms with E-state index in [0.29, 0.717) is 14.5 Å². The van der Waals surface area contributed by atoms with Crippen molar-refractivity contribution >= 4 is 44.9 Å². The van der Waals surface area contributed by atoms with E-state index >= 15 is 0 Å². The summed E-state index contributed by atoms with van der Waals surface area (Å²) in [6.07, 6.45) is 1.61. The van der Waals surface area contributed by atoms with Gasteiger partial charge in [0.1, 0.15) is 22.7 Å². The van der Waals surface area contributed by atoms with Crippen molar-refractivity contribution in [2.75, 3.05) is 7.11 Å². The molecule has 1 heterocycles. The molecule has 0 aliphatic heterocycles. The molecule has 2 aromatic rings. The predicted octanol–water partition coefficient (Wildman–Crippen LogP) is -0.882. The van der Waals surface area contributed by atoms with Crippen LogP contribution in [-0.2, 0) is 11.8 Å². The summed E-state index contributed by atoms with van der Waals surface area (Å²) in [5, 5.41) is 31.8. The number of methoxy groups -OCH3 is 1. The highest BCUT2D eigenvalue weighted by Gasteiger charge is 2.53. The number of pyridine rings is 1. The zero-order chi connectivity index (χ0) is 25.8. The van der Waals surface area contributed by atoms with E-state index in [-0.39, 0.29) is 23.8 Å². The zero-order valence-corrected chi connectivity index (χ0v) is 20.5. The fraction of sp³-hybridized carbons (Fsp3) is 0.160. The maximum atomic E-state index is 13.5. The van der Waals surface area contributed by atoms with Gasteiger partial charge in [0.2, 0.25) is 16.3 Å². The summed E-state index contributed by atoms with van der Waals surface area (Å²) in [6, 6.07) is 2.40. The average Bonchev–Trinajstić information content (AvgIpc) is 3.35. The van der Waals surface area contributed by atoms with Crippen LogP contribution in [0.15, 0.2) is 42.3 Å². The van der Waals surface area contributed by atoms with Crippen LogP contribution in [-0.4, -0.2) is 27.4 Å². The first-order chi connectivity index (χ1) is 17.1. The van der Waals surface area contributed by atoms with Crippen LogP contribution in [0.4, 0.5) is 0 Å². The number of phenolic OH excluding ortho intramolecular Hbond substituents is 1. The van der Waals surface area contributed by atoms with E-state index in [0.717, 1.165) is 13.2 Å². The minimum absolute atomic E-state index is 0.00701. The van der Waals surface area contributed by atoms with Crippen LogP contribution in [0.3, 0.4) is 0 Å². The number of aromatic hydroxyl groups is 1. The van der Waals surface area contributed by atoms with Gasteiger partial charge in [-0.15, -0.1) is 0 Å². The van der Waals surface area contributed by atoms with Crippen molar-refractivity contribution in [3.8, 4) is 11.5 Å². The van der Waals surface area contributed by atoms with Gasteiger partial charge >= 0.3 is 0 Å². The van der Waals surface area contributed by atoms with Crippen LogP contribution in [0.5, 0.6) is 11.5 Å². The molecule has 0 saturated heterocycles. The lowest BCUT2D eigenvalue weighted by atomic mass is 9.78. The summed E-state index contributed by atoms with van der Waals surface area (Å²) in [6.45, 7) is 0. The van der Waals surface area contributed by atoms with E-state index in [1.54, 1.807) is 6.07 Å². The van der Waals surface area contributed by atoms with Crippen LogP contribution < -0.4 is 42.4 Å². The van der Waals surface area contributed by atoms with Gasteiger partial charge in [0.25, 0.3) is 5.56 Å². The average molecular weight is 599 g/mol. The first-order valence-electron chi connectivity index (χ1n) is 10.7. The number of nitrogens with one attached hydrogen (secondary N) is 1.